The smallest absolute Gasteiger partial charge is 0.276 e. The van der Waals surface area contributed by atoms with E-state index in [1.54, 1.807) is 18.0 Å². The van der Waals surface area contributed by atoms with E-state index in [0.29, 0.717) is 11.6 Å². The van der Waals surface area contributed by atoms with Gasteiger partial charge in [-0.15, -0.1) is 0 Å². The molecule has 118 valence electrons. The third kappa shape index (κ3) is 2.52. The highest BCUT2D eigenvalue weighted by Crippen LogP contribution is 2.40. The van der Waals surface area contributed by atoms with Crippen LogP contribution in [0.2, 0.25) is 0 Å². The van der Waals surface area contributed by atoms with E-state index in [9.17, 15) is 4.79 Å². The number of carbonyl (C=O) groups is 1. The molecule has 1 aliphatic rings. The second-order valence-electron chi connectivity index (χ2n) is 6.17. The van der Waals surface area contributed by atoms with E-state index in [2.05, 4.69) is 5.16 Å². The summed E-state index contributed by atoms with van der Waals surface area (Å²) in [6, 6.07) is 11.4. The summed E-state index contributed by atoms with van der Waals surface area (Å²) in [7, 11) is 1.76. The van der Waals surface area contributed by atoms with E-state index in [4.69, 9.17) is 8.94 Å². The lowest BCUT2D eigenvalue weighted by Gasteiger charge is -2.22. The van der Waals surface area contributed by atoms with Crippen molar-refractivity contribution >= 4 is 16.9 Å². The molecule has 5 nitrogen and oxygen atoms in total. The second-order valence-corrected chi connectivity index (χ2v) is 6.17. The van der Waals surface area contributed by atoms with E-state index in [0.717, 1.165) is 35.3 Å². The van der Waals surface area contributed by atoms with Gasteiger partial charge in [0.15, 0.2) is 5.69 Å². The SMILES string of the molecule is CC(c1cc2ccccc2o1)N(C)C(=O)c1cc(C2CC2)on1. The molecule has 0 spiro atoms. The molecule has 1 amide bonds. The Morgan fingerprint density at radius 3 is 2.83 bits per heavy atom. The second kappa shape index (κ2) is 5.26. The maximum absolute atomic E-state index is 12.6. The minimum atomic E-state index is -0.184. The van der Waals surface area contributed by atoms with Gasteiger partial charge in [-0.25, -0.2) is 0 Å². The van der Waals surface area contributed by atoms with Crippen LogP contribution in [0.4, 0.5) is 0 Å². The van der Waals surface area contributed by atoms with Crippen LogP contribution in [-0.2, 0) is 0 Å². The number of hydrogen-bond donors (Lipinski definition) is 0. The third-order valence-corrected chi connectivity index (χ3v) is 4.48. The van der Waals surface area contributed by atoms with Gasteiger partial charge in [0.1, 0.15) is 17.1 Å². The fraction of sp³-hybridized carbons (Fsp3) is 0.333. The van der Waals surface area contributed by atoms with Crippen LogP contribution in [0.3, 0.4) is 0 Å². The standard InChI is InChI=1S/C18H18N2O3/c1-11(16-9-13-5-3-4-6-15(13)22-16)20(2)18(21)14-10-17(23-19-14)12-7-8-12/h3-6,9-12H,7-8H2,1-2H3. The average molecular weight is 310 g/mol. The fourth-order valence-electron chi connectivity index (χ4n) is 2.71. The van der Waals surface area contributed by atoms with Crippen molar-refractivity contribution in [1.82, 2.24) is 10.1 Å². The first-order chi connectivity index (χ1) is 11.1. The van der Waals surface area contributed by atoms with Gasteiger partial charge in [0.25, 0.3) is 5.91 Å². The van der Waals surface area contributed by atoms with Gasteiger partial charge in [0, 0.05) is 24.4 Å². The molecule has 4 rings (SSSR count). The summed E-state index contributed by atoms with van der Waals surface area (Å²) in [4.78, 5) is 14.2. The maximum Gasteiger partial charge on any atom is 0.276 e. The van der Waals surface area contributed by atoms with Gasteiger partial charge in [-0.3, -0.25) is 4.79 Å². The Kier molecular flexibility index (Phi) is 3.22. The zero-order valence-electron chi connectivity index (χ0n) is 13.2. The molecule has 0 aliphatic heterocycles. The van der Waals surface area contributed by atoms with Crippen molar-refractivity contribution in [3.8, 4) is 0 Å². The van der Waals surface area contributed by atoms with Gasteiger partial charge >= 0.3 is 0 Å². The Labute approximate surface area is 133 Å². The molecule has 2 aromatic heterocycles. The molecule has 5 heteroatoms. The number of nitrogens with zero attached hydrogens (tertiary/aromatic N) is 2. The zero-order chi connectivity index (χ0) is 16.0. The van der Waals surface area contributed by atoms with Gasteiger partial charge in [-0.05, 0) is 31.9 Å². The first kappa shape index (κ1) is 14.1. The highest BCUT2D eigenvalue weighted by atomic mass is 16.5. The van der Waals surface area contributed by atoms with Gasteiger partial charge in [-0.1, -0.05) is 23.4 Å². The quantitative estimate of drug-likeness (QED) is 0.727. The van der Waals surface area contributed by atoms with Crippen LogP contribution in [0.5, 0.6) is 0 Å². The van der Waals surface area contributed by atoms with E-state index in [1.165, 1.54) is 0 Å². The van der Waals surface area contributed by atoms with Crippen LogP contribution >= 0.6 is 0 Å². The predicted octanol–water partition coefficient (Wildman–Crippen LogP) is 4.13. The molecule has 2 heterocycles. The number of fused-ring (bicyclic) bond motifs is 1. The molecule has 1 aromatic carbocycles. The largest absolute Gasteiger partial charge is 0.459 e. The number of benzene rings is 1. The summed E-state index contributed by atoms with van der Waals surface area (Å²) in [5.74, 6) is 1.86. The van der Waals surface area contributed by atoms with Gasteiger partial charge < -0.3 is 13.8 Å². The molecule has 1 unspecified atom stereocenters. The molecular formula is C18H18N2O3. The molecule has 0 N–H and O–H groups in total. The van der Waals surface area contributed by atoms with Crippen LogP contribution in [0, 0.1) is 0 Å². The monoisotopic (exact) mass is 310 g/mol. The molecule has 23 heavy (non-hydrogen) atoms. The summed E-state index contributed by atoms with van der Waals surface area (Å²) in [5.41, 5.74) is 1.19. The lowest BCUT2D eigenvalue weighted by molar-refractivity contribution is 0.0717. The van der Waals surface area contributed by atoms with Crippen molar-refractivity contribution in [2.24, 2.45) is 0 Å². The Morgan fingerprint density at radius 1 is 1.30 bits per heavy atom. The molecule has 0 radical (unpaired) electrons. The van der Waals surface area contributed by atoms with Crippen molar-refractivity contribution in [1.29, 1.82) is 0 Å². The number of hydrogen-bond acceptors (Lipinski definition) is 4. The molecule has 1 saturated carbocycles. The van der Waals surface area contributed by atoms with Crippen LogP contribution in [-0.4, -0.2) is 23.0 Å². The van der Waals surface area contributed by atoms with E-state index >= 15 is 0 Å². The van der Waals surface area contributed by atoms with Gasteiger partial charge in [-0.2, -0.15) is 0 Å². The average Bonchev–Trinajstić information content (AvgIpc) is 3.14. The summed E-state index contributed by atoms with van der Waals surface area (Å²) in [5, 5.41) is 4.96. The van der Waals surface area contributed by atoms with E-state index in [1.807, 2.05) is 37.3 Å². The minimum Gasteiger partial charge on any atom is -0.459 e. The van der Waals surface area contributed by atoms with Crippen molar-refractivity contribution < 1.29 is 13.7 Å². The number of para-hydroxylation sites is 1. The van der Waals surface area contributed by atoms with Crippen molar-refractivity contribution in [2.45, 2.75) is 31.7 Å². The van der Waals surface area contributed by atoms with Crippen molar-refractivity contribution in [3.05, 3.63) is 53.6 Å². The first-order valence-electron chi connectivity index (χ1n) is 7.85. The summed E-state index contributed by atoms with van der Waals surface area (Å²) in [6.07, 6.45) is 2.24. The van der Waals surface area contributed by atoms with Crippen LogP contribution < -0.4 is 0 Å². The number of amides is 1. The van der Waals surface area contributed by atoms with Crippen LogP contribution in [0.1, 0.15) is 53.7 Å². The Hall–Kier alpha value is -2.56. The van der Waals surface area contributed by atoms with E-state index < -0.39 is 0 Å². The lowest BCUT2D eigenvalue weighted by Crippen LogP contribution is -2.29. The van der Waals surface area contributed by atoms with Crippen LogP contribution in [0.25, 0.3) is 11.0 Å². The highest BCUT2D eigenvalue weighted by molar-refractivity contribution is 5.92. The predicted molar refractivity (Wildman–Crippen MR) is 85.2 cm³/mol. The molecule has 3 aromatic rings. The molecule has 0 bridgehead atoms. The molecule has 1 fully saturated rings. The number of furan rings is 1. The Balaban J connectivity index is 1.56. The van der Waals surface area contributed by atoms with Gasteiger partial charge in [0.2, 0.25) is 0 Å². The lowest BCUT2D eigenvalue weighted by atomic mass is 10.2. The normalized spacial score (nSPS) is 15.7. The van der Waals surface area contributed by atoms with Crippen molar-refractivity contribution in [2.75, 3.05) is 7.05 Å². The Morgan fingerprint density at radius 2 is 2.09 bits per heavy atom. The number of aromatic nitrogens is 1. The minimum absolute atomic E-state index is 0.159. The summed E-state index contributed by atoms with van der Waals surface area (Å²) >= 11 is 0. The summed E-state index contributed by atoms with van der Waals surface area (Å²) < 4.78 is 11.1. The number of rotatable bonds is 4. The maximum atomic E-state index is 12.6. The van der Waals surface area contributed by atoms with Crippen molar-refractivity contribution in [3.63, 3.8) is 0 Å². The third-order valence-electron chi connectivity index (χ3n) is 4.48. The Bertz CT molecular complexity index is 827. The molecular weight excluding hydrogens is 292 g/mol. The fourth-order valence-corrected chi connectivity index (χ4v) is 2.71. The highest BCUT2D eigenvalue weighted by Gasteiger charge is 2.30. The molecule has 1 aliphatic carbocycles. The van der Waals surface area contributed by atoms with Gasteiger partial charge in [0.05, 0.1) is 6.04 Å². The van der Waals surface area contributed by atoms with E-state index in [-0.39, 0.29) is 11.9 Å². The first-order valence-corrected chi connectivity index (χ1v) is 7.85. The topological polar surface area (TPSA) is 59.5 Å². The zero-order valence-corrected chi connectivity index (χ0v) is 13.2. The van der Waals surface area contributed by atoms with Crippen LogP contribution in [0.15, 0.2) is 45.3 Å². The molecule has 1 atom stereocenters. The molecule has 0 saturated heterocycles. The number of carbonyl (C=O) groups excluding carboxylic acids is 1. The summed E-state index contributed by atoms with van der Waals surface area (Å²) in [6.45, 7) is 1.94.